The third kappa shape index (κ3) is 1.86. The molecule has 2 nitrogen and oxygen atoms in total. The third-order valence-electron chi connectivity index (χ3n) is 2.18. The molecule has 0 saturated carbocycles. The summed E-state index contributed by atoms with van der Waals surface area (Å²) in [6.45, 7) is 0. The molecule has 0 radical (unpaired) electrons. The Morgan fingerprint density at radius 2 is 1.88 bits per heavy atom. The minimum absolute atomic E-state index is 0.200. The van der Waals surface area contributed by atoms with Gasteiger partial charge in [-0.3, -0.25) is 0 Å². The van der Waals surface area contributed by atoms with Crippen LogP contribution in [-0.2, 0) is 0 Å². The quantitative estimate of drug-likeness (QED) is 0.777. The number of methoxy groups -OCH3 is 1. The number of aromatic nitrogens is 1. The van der Waals surface area contributed by atoms with Crippen molar-refractivity contribution in [1.82, 2.24) is 4.98 Å². The van der Waals surface area contributed by atoms with Gasteiger partial charge in [0.15, 0.2) is 0 Å². The first-order valence-corrected chi connectivity index (χ1v) is 4.67. The van der Waals surface area contributed by atoms with Crippen LogP contribution >= 0.6 is 0 Å². The lowest BCUT2D eigenvalue weighted by molar-refractivity contribution is 0.397. The van der Waals surface area contributed by atoms with Crippen molar-refractivity contribution in [2.45, 2.75) is 0 Å². The summed E-state index contributed by atoms with van der Waals surface area (Å²) in [4.78, 5) is 3.75. The molecule has 0 amide bonds. The molecule has 0 unspecified atom stereocenters. The molecule has 0 bridgehead atoms. The average Bonchev–Trinajstić information content (AvgIpc) is 2.29. The zero-order chi connectivity index (χ0) is 11.5. The molecule has 1 aromatic heterocycles. The van der Waals surface area contributed by atoms with Gasteiger partial charge in [-0.1, -0.05) is 18.2 Å². The summed E-state index contributed by atoms with van der Waals surface area (Å²) in [6, 6.07) is 7.29. The Kier molecular flexibility index (Phi) is 2.81. The number of hydrogen-bond acceptors (Lipinski definition) is 2. The lowest BCUT2D eigenvalue weighted by Gasteiger charge is -2.07. The summed E-state index contributed by atoms with van der Waals surface area (Å²) in [6.07, 6.45) is 1.03. The summed E-state index contributed by atoms with van der Waals surface area (Å²) in [5.41, 5.74) is 0.576. The molecule has 4 heteroatoms. The van der Waals surface area contributed by atoms with E-state index in [9.17, 15) is 8.78 Å². The number of ether oxygens (including phenoxy) is 1. The highest BCUT2D eigenvalue weighted by Gasteiger charge is 2.12. The number of pyridine rings is 1. The molecule has 0 aliphatic carbocycles. The van der Waals surface area contributed by atoms with Crippen LogP contribution in [0, 0.1) is 11.6 Å². The number of hydrogen-bond donors (Lipinski definition) is 0. The maximum absolute atomic E-state index is 13.5. The lowest BCUT2D eigenvalue weighted by Crippen LogP contribution is -1.94. The van der Waals surface area contributed by atoms with Gasteiger partial charge < -0.3 is 4.74 Å². The Balaban J connectivity index is 2.63. The first kappa shape index (κ1) is 10.5. The van der Waals surface area contributed by atoms with E-state index in [0.717, 1.165) is 6.20 Å². The molecule has 2 aromatic rings. The van der Waals surface area contributed by atoms with E-state index in [1.807, 2.05) is 0 Å². The topological polar surface area (TPSA) is 22.1 Å². The Bertz CT molecular complexity index is 514. The van der Waals surface area contributed by atoms with E-state index in [2.05, 4.69) is 4.98 Å². The lowest BCUT2D eigenvalue weighted by atomic mass is 10.1. The molecule has 0 spiro atoms. The third-order valence-corrected chi connectivity index (χ3v) is 2.18. The first-order valence-electron chi connectivity index (χ1n) is 4.67. The van der Waals surface area contributed by atoms with Gasteiger partial charge in [-0.2, -0.15) is 0 Å². The van der Waals surface area contributed by atoms with Crippen LogP contribution in [0.2, 0.25) is 0 Å². The summed E-state index contributed by atoms with van der Waals surface area (Å²) < 4.78 is 31.5. The normalized spacial score (nSPS) is 10.2. The zero-order valence-electron chi connectivity index (χ0n) is 8.58. The van der Waals surface area contributed by atoms with E-state index in [4.69, 9.17) is 4.74 Å². The van der Waals surface area contributed by atoms with Crippen LogP contribution < -0.4 is 4.74 Å². The van der Waals surface area contributed by atoms with E-state index in [1.165, 1.54) is 19.2 Å². The second-order valence-corrected chi connectivity index (χ2v) is 3.19. The van der Waals surface area contributed by atoms with Gasteiger partial charge in [0.05, 0.1) is 13.3 Å². The molecule has 0 fully saturated rings. The fourth-order valence-corrected chi connectivity index (χ4v) is 1.46. The molecular formula is C12H9F2NO. The average molecular weight is 221 g/mol. The van der Waals surface area contributed by atoms with Gasteiger partial charge in [0.2, 0.25) is 5.88 Å². The van der Waals surface area contributed by atoms with Gasteiger partial charge in [-0.15, -0.1) is 0 Å². The van der Waals surface area contributed by atoms with E-state index in [1.54, 1.807) is 18.2 Å². The summed E-state index contributed by atoms with van der Waals surface area (Å²) >= 11 is 0. The van der Waals surface area contributed by atoms with Gasteiger partial charge in [-0.25, -0.2) is 13.8 Å². The fourth-order valence-electron chi connectivity index (χ4n) is 1.46. The van der Waals surface area contributed by atoms with Crippen molar-refractivity contribution >= 4 is 0 Å². The van der Waals surface area contributed by atoms with E-state index in [-0.39, 0.29) is 11.4 Å². The van der Waals surface area contributed by atoms with Crippen molar-refractivity contribution in [3.8, 4) is 17.0 Å². The molecular weight excluding hydrogens is 212 g/mol. The molecule has 2 rings (SSSR count). The molecule has 1 heterocycles. The smallest absolute Gasteiger partial charge is 0.221 e. The van der Waals surface area contributed by atoms with Crippen molar-refractivity contribution in [1.29, 1.82) is 0 Å². The first-order chi connectivity index (χ1) is 7.72. The molecule has 82 valence electrons. The van der Waals surface area contributed by atoms with Crippen LogP contribution in [0.4, 0.5) is 8.78 Å². The van der Waals surface area contributed by atoms with Crippen LogP contribution in [0.15, 0.2) is 36.5 Å². The van der Waals surface area contributed by atoms with Gasteiger partial charge in [-0.05, 0) is 12.1 Å². The van der Waals surface area contributed by atoms with E-state index < -0.39 is 11.6 Å². The van der Waals surface area contributed by atoms with Gasteiger partial charge in [0.1, 0.15) is 11.6 Å². The second-order valence-electron chi connectivity index (χ2n) is 3.19. The Labute approximate surface area is 91.5 Å². The minimum Gasteiger partial charge on any atom is -0.481 e. The number of halogens is 2. The van der Waals surface area contributed by atoms with Crippen molar-refractivity contribution in [2.75, 3.05) is 7.11 Å². The van der Waals surface area contributed by atoms with Crippen LogP contribution in [-0.4, -0.2) is 12.1 Å². The predicted molar refractivity (Wildman–Crippen MR) is 56.1 cm³/mol. The van der Waals surface area contributed by atoms with E-state index >= 15 is 0 Å². The minimum atomic E-state index is -0.529. The zero-order valence-corrected chi connectivity index (χ0v) is 8.58. The maximum atomic E-state index is 13.5. The molecule has 0 atom stereocenters. The maximum Gasteiger partial charge on any atom is 0.221 e. The number of benzene rings is 1. The monoisotopic (exact) mass is 221 g/mol. The largest absolute Gasteiger partial charge is 0.481 e. The van der Waals surface area contributed by atoms with Crippen molar-refractivity contribution < 1.29 is 13.5 Å². The Morgan fingerprint density at radius 1 is 1.12 bits per heavy atom. The number of nitrogens with zero attached hydrogens (tertiary/aromatic N) is 1. The Morgan fingerprint density at radius 3 is 2.56 bits per heavy atom. The van der Waals surface area contributed by atoms with Gasteiger partial charge >= 0.3 is 0 Å². The molecule has 0 N–H and O–H groups in total. The van der Waals surface area contributed by atoms with Crippen molar-refractivity contribution in [2.24, 2.45) is 0 Å². The Hall–Kier alpha value is -1.97. The summed E-state index contributed by atoms with van der Waals surface area (Å²) in [5, 5.41) is 0. The SMILES string of the molecule is COc1ncc(F)cc1-c1ccccc1F. The highest BCUT2D eigenvalue weighted by molar-refractivity contribution is 5.68. The standard InChI is InChI=1S/C12H9F2NO/c1-16-12-10(6-8(13)7-15-12)9-4-2-3-5-11(9)14/h2-7H,1H3. The second kappa shape index (κ2) is 4.26. The molecule has 16 heavy (non-hydrogen) atoms. The predicted octanol–water partition coefficient (Wildman–Crippen LogP) is 3.04. The van der Waals surface area contributed by atoms with E-state index in [0.29, 0.717) is 5.56 Å². The van der Waals surface area contributed by atoms with Crippen LogP contribution in [0.3, 0.4) is 0 Å². The highest BCUT2D eigenvalue weighted by atomic mass is 19.1. The van der Waals surface area contributed by atoms with Gasteiger partial charge in [0.25, 0.3) is 0 Å². The fraction of sp³-hybridized carbons (Fsp3) is 0.0833. The molecule has 0 aliphatic rings. The summed E-state index contributed by atoms with van der Waals surface area (Å²) in [7, 11) is 1.41. The highest BCUT2D eigenvalue weighted by Crippen LogP contribution is 2.30. The van der Waals surface area contributed by atoms with Gasteiger partial charge in [0, 0.05) is 11.1 Å². The van der Waals surface area contributed by atoms with Crippen molar-refractivity contribution in [3.05, 3.63) is 48.2 Å². The summed E-state index contributed by atoms with van der Waals surface area (Å²) in [5.74, 6) is -0.765. The van der Waals surface area contributed by atoms with Crippen molar-refractivity contribution in [3.63, 3.8) is 0 Å². The van der Waals surface area contributed by atoms with Crippen LogP contribution in [0.25, 0.3) is 11.1 Å². The molecule has 1 aromatic carbocycles. The van der Waals surface area contributed by atoms with Crippen LogP contribution in [0.1, 0.15) is 0 Å². The number of rotatable bonds is 2. The molecule has 0 aliphatic heterocycles. The molecule has 0 saturated heterocycles. The van der Waals surface area contributed by atoms with Crippen LogP contribution in [0.5, 0.6) is 5.88 Å².